The largest absolute Gasteiger partial charge is 0.481 e. The first kappa shape index (κ1) is 23.3. The maximum Gasteiger partial charge on any atom is 0.306 e. The third-order valence-electron chi connectivity index (χ3n) is 10.6. The SMILES string of the molecule is C[C@H](CCC[C@@H](C)[C@H]1CC[C@H]2[C@@H]3CC=C4[C@@H](O)[C@@H](O)CC[C@]4(C)[C@H]3CC[C@]12C)C(=O)O. The maximum absolute atomic E-state index is 11.1. The second kappa shape index (κ2) is 8.48. The Morgan fingerprint density at radius 1 is 1.06 bits per heavy atom. The van der Waals surface area contributed by atoms with E-state index < -0.39 is 18.2 Å². The van der Waals surface area contributed by atoms with Crippen molar-refractivity contribution in [3.8, 4) is 0 Å². The van der Waals surface area contributed by atoms with Gasteiger partial charge in [-0.05, 0) is 97.4 Å². The molecule has 3 fully saturated rings. The molecule has 4 heteroatoms. The Balaban J connectivity index is 1.46. The van der Waals surface area contributed by atoms with Gasteiger partial charge in [0.2, 0.25) is 0 Å². The normalized spacial score (nSPS) is 46.3. The van der Waals surface area contributed by atoms with Crippen molar-refractivity contribution in [3.63, 3.8) is 0 Å². The molecule has 0 aliphatic heterocycles. The zero-order valence-corrected chi connectivity index (χ0v) is 20.0. The molecule has 4 aliphatic carbocycles. The number of carbonyl (C=O) groups is 1. The Bertz CT molecular complexity index is 716. The number of carboxylic acids is 1. The van der Waals surface area contributed by atoms with Crippen LogP contribution in [-0.4, -0.2) is 33.5 Å². The van der Waals surface area contributed by atoms with Gasteiger partial charge in [0, 0.05) is 0 Å². The quantitative estimate of drug-likeness (QED) is 0.490. The zero-order chi connectivity index (χ0) is 22.6. The number of fused-ring (bicyclic) bond motifs is 5. The van der Waals surface area contributed by atoms with Gasteiger partial charge in [0.25, 0.3) is 0 Å². The van der Waals surface area contributed by atoms with Crippen LogP contribution in [0.4, 0.5) is 0 Å². The van der Waals surface area contributed by atoms with Crippen LogP contribution in [-0.2, 0) is 4.79 Å². The molecule has 0 aromatic rings. The fourth-order valence-corrected chi connectivity index (χ4v) is 8.76. The Labute approximate surface area is 188 Å². The van der Waals surface area contributed by atoms with Gasteiger partial charge < -0.3 is 15.3 Å². The van der Waals surface area contributed by atoms with Gasteiger partial charge in [-0.3, -0.25) is 4.79 Å². The molecule has 0 aromatic carbocycles. The van der Waals surface area contributed by atoms with Gasteiger partial charge in [-0.25, -0.2) is 0 Å². The van der Waals surface area contributed by atoms with Gasteiger partial charge in [0.1, 0.15) is 6.10 Å². The van der Waals surface area contributed by atoms with Crippen molar-refractivity contribution in [2.24, 2.45) is 46.3 Å². The Kier molecular flexibility index (Phi) is 6.37. The highest BCUT2D eigenvalue weighted by atomic mass is 16.4. The monoisotopic (exact) mass is 432 g/mol. The molecule has 0 spiro atoms. The van der Waals surface area contributed by atoms with E-state index >= 15 is 0 Å². The van der Waals surface area contributed by atoms with Crippen molar-refractivity contribution in [2.75, 3.05) is 0 Å². The summed E-state index contributed by atoms with van der Waals surface area (Å²) >= 11 is 0. The summed E-state index contributed by atoms with van der Waals surface area (Å²) in [7, 11) is 0. The standard InChI is InChI=1S/C27H44O4/c1-16(6-5-7-17(2)25(30)31)19-10-11-20-18-8-9-22-24(29)23(28)13-15-27(22,4)21(18)12-14-26(19,20)3/h9,16-21,23-24,28-29H,5-8,10-15H2,1-4H3,(H,30,31)/t16-,17-,18+,19-,20+,21+,23+,24-,26-,27-/m1/s1. The van der Waals surface area contributed by atoms with Crippen molar-refractivity contribution in [1.82, 2.24) is 0 Å². The van der Waals surface area contributed by atoms with Gasteiger partial charge in [-0.15, -0.1) is 0 Å². The predicted octanol–water partition coefficient (Wildman–Crippen LogP) is 5.42. The van der Waals surface area contributed by atoms with E-state index in [1.165, 1.54) is 25.7 Å². The number of allylic oxidation sites excluding steroid dienone is 1. The summed E-state index contributed by atoms with van der Waals surface area (Å²) in [4.78, 5) is 11.1. The molecule has 0 heterocycles. The first-order valence-corrected chi connectivity index (χ1v) is 12.9. The van der Waals surface area contributed by atoms with E-state index in [9.17, 15) is 15.0 Å². The van der Waals surface area contributed by atoms with Crippen molar-refractivity contribution < 1.29 is 20.1 Å². The summed E-state index contributed by atoms with van der Waals surface area (Å²) in [5.74, 6) is 2.60. The third kappa shape index (κ3) is 3.80. The molecule has 0 bridgehead atoms. The molecule has 10 atom stereocenters. The van der Waals surface area contributed by atoms with Gasteiger partial charge in [0.15, 0.2) is 0 Å². The highest BCUT2D eigenvalue weighted by Crippen LogP contribution is 2.67. The van der Waals surface area contributed by atoms with E-state index in [0.29, 0.717) is 29.6 Å². The Hall–Kier alpha value is -0.870. The van der Waals surface area contributed by atoms with Crippen LogP contribution in [0.1, 0.15) is 91.9 Å². The number of aliphatic hydroxyl groups excluding tert-OH is 2. The smallest absolute Gasteiger partial charge is 0.306 e. The molecule has 0 unspecified atom stereocenters. The summed E-state index contributed by atoms with van der Waals surface area (Å²) in [5, 5.41) is 30.1. The van der Waals surface area contributed by atoms with E-state index in [0.717, 1.165) is 49.5 Å². The van der Waals surface area contributed by atoms with E-state index in [-0.39, 0.29) is 11.3 Å². The molecule has 3 saturated carbocycles. The molecule has 0 saturated heterocycles. The minimum absolute atomic E-state index is 0.0551. The van der Waals surface area contributed by atoms with Crippen molar-refractivity contribution in [3.05, 3.63) is 11.6 Å². The fourth-order valence-electron chi connectivity index (χ4n) is 8.76. The third-order valence-corrected chi connectivity index (χ3v) is 10.6. The molecular weight excluding hydrogens is 388 g/mol. The van der Waals surface area contributed by atoms with Crippen LogP contribution in [0.2, 0.25) is 0 Å². The van der Waals surface area contributed by atoms with Crippen LogP contribution in [0.25, 0.3) is 0 Å². The summed E-state index contributed by atoms with van der Waals surface area (Å²) in [5.41, 5.74) is 1.58. The van der Waals surface area contributed by atoms with Gasteiger partial charge in [-0.1, -0.05) is 46.6 Å². The van der Waals surface area contributed by atoms with E-state index in [2.05, 4.69) is 26.8 Å². The highest BCUT2D eigenvalue weighted by molar-refractivity contribution is 5.69. The molecule has 4 nitrogen and oxygen atoms in total. The van der Waals surface area contributed by atoms with Crippen LogP contribution in [0.5, 0.6) is 0 Å². The number of aliphatic carboxylic acids is 1. The molecular formula is C27H44O4. The summed E-state index contributed by atoms with van der Waals surface area (Å²) in [6, 6.07) is 0. The number of rotatable bonds is 6. The molecule has 4 rings (SSSR count). The highest BCUT2D eigenvalue weighted by Gasteiger charge is 2.60. The van der Waals surface area contributed by atoms with Crippen LogP contribution >= 0.6 is 0 Å². The summed E-state index contributed by atoms with van der Waals surface area (Å²) in [6.07, 6.45) is 11.9. The van der Waals surface area contributed by atoms with Crippen LogP contribution in [0.15, 0.2) is 11.6 Å². The zero-order valence-electron chi connectivity index (χ0n) is 20.0. The van der Waals surface area contributed by atoms with E-state index in [1.807, 2.05) is 6.92 Å². The minimum atomic E-state index is -0.669. The number of aliphatic hydroxyl groups is 2. The summed E-state index contributed by atoms with van der Waals surface area (Å²) < 4.78 is 0. The molecule has 176 valence electrons. The molecule has 3 N–H and O–H groups in total. The average molecular weight is 433 g/mol. The van der Waals surface area contributed by atoms with Crippen molar-refractivity contribution in [2.45, 2.75) is 104 Å². The lowest BCUT2D eigenvalue weighted by atomic mass is 9.46. The van der Waals surface area contributed by atoms with Crippen LogP contribution < -0.4 is 0 Å². The van der Waals surface area contributed by atoms with Gasteiger partial charge in [-0.2, -0.15) is 0 Å². The lowest BCUT2D eigenvalue weighted by Crippen LogP contribution is -2.53. The van der Waals surface area contributed by atoms with E-state index in [4.69, 9.17) is 5.11 Å². The van der Waals surface area contributed by atoms with Crippen molar-refractivity contribution >= 4 is 5.97 Å². The molecule has 31 heavy (non-hydrogen) atoms. The average Bonchev–Trinajstić information content (AvgIpc) is 3.08. The molecule has 0 radical (unpaired) electrons. The van der Waals surface area contributed by atoms with E-state index in [1.54, 1.807) is 0 Å². The Morgan fingerprint density at radius 3 is 2.52 bits per heavy atom. The number of hydrogen-bond donors (Lipinski definition) is 3. The first-order valence-electron chi connectivity index (χ1n) is 12.9. The second-order valence-electron chi connectivity index (χ2n) is 12.1. The lowest BCUT2D eigenvalue weighted by Gasteiger charge is -2.59. The minimum Gasteiger partial charge on any atom is -0.481 e. The van der Waals surface area contributed by atoms with Crippen LogP contribution in [0.3, 0.4) is 0 Å². The van der Waals surface area contributed by atoms with Crippen molar-refractivity contribution in [1.29, 1.82) is 0 Å². The summed E-state index contributed by atoms with van der Waals surface area (Å²) in [6.45, 7) is 9.16. The molecule has 0 aromatic heterocycles. The lowest BCUT2D eigenvalue weighted by molar-refractivity contribution is -0.141. The second-order valence-corrected chi connectivity index (χ2v) is 12.1. The Morgan fingerprint density at radius 2 is 1.81 bits per heavy atom. The van der Waals surface area contributed by atoms with Crippen LogP contribution in [0, 0.1) is 46.3 Å². The topological polar surface area (TPSA) is 77.8 Å². The van der Waals surface area contributed by atoms with Gasteiger partial charge in [0.05, 0.1) is 12.0 Å². The fraction of sp³-hybridized carbons (Fsp3) is 0.889. The molecule has 0 amide bonds. The van der Waals surface area contributed by atoms with Gasteiger partial charge >= 0.3 is 5.97 Å². The number of carboxylic acid groups (broad SMARTS) is 1. The molecule has 4 aliphatic rings. The number of hydrogen-bond acceptors (Lipinski definition) is 3. The first-order chi connectivity index (χ1) is 14.6. The maximum atomic E-state index is 11.1. The predicted molar refractivity (Wildman–Crippen MR) is 122 cm³/mol.